The average molecular weight is 483 g/mol. The van der Waals surface area contributed by atoms with Gasteiger partial charge in [-0.15, -0.1) is 0 Å². The molecular formula is C27H38N4O4. The summed E-state index contributed by atoms with van der Waals surface area (Å²) in [7, 11) is 3.47. The third-order valence-corrected chi connectivity index (χ3v) is 6.43. The molecule has 2 amide bonds. The number of rotatable bonds is 6. The zero-order valence-corrected chi connectivity index (χ0v) is 21.5. The lowest BCUT2D eigenvalue weighted by molar-refractivity contribution is -0.116. The minimum absolute atomic E-state index is 0.0513. The Kier molecular flexibility index (Phi) is 9.63. The second-order valence-electron chi connectivity index (χ2n) is 9.36. The van der Waals surface area contributed by atoms with Crippen LogP contribution < -0.4 is 10.1 Å². The van der Waals surface area contributed by atoms with Gasteiger partial charge in [0.15, 0.2) is 0 Å². The number of hydrogen-bond donors (Lipinski definition) is 1. The fourth-order valence-corrected chi connectivity index (χ4v) is 4.30. The number of likely N-dealkylation sites (N-methyl/N-ethyl adjacent to an activating group) is 1. The van der Waals surface area contributed by atoms with E-state index in [1.165, 1.54) is 0 Å². The predicted octanol–water partition coefficient (Wildman–Crippen LogP) is 3.83. The Labute approximate surface area is 208 Å². The number of amides is 2. The summed E-state index contributed by atoms with van der Waals surface area (Å²) in [6.45, 7) is 8.51. The number of aromatic nitrogens is 1. The number of benzene rings is 1. The van der Waals surface area contributed by atoms with Gasteiger partial charge >= 0.3 is 0 Å². The van der Waals surface area contributed by atoms with Crippen molar-refractivity contribution >= 4 is 17.5 Å². The summed E-state index contributed by atoms with van der Waals surface area (Å²) in [5.41, 5.74) is 2.07. The standard InChI is InChI=1S/C27H38N4O4/c1-6-9-26(32)29-21-11-12-23-24(14-21)35-18-20(3)31(16-22-10-7-8-13-28-22)15-19(2)25(34-5)17-30(4)27(23)33/h7-8,10-14,19-20,25H,6,9,15-18H2,1-5H3,(H,29,32)/t19-,20-,25+/m0/s1. The van der Waals surface area contributed by atoms with Crippen LogP contribution in [0.15, 0.2) is 42.6 Å². The van der Waals surface area contributed by atoms with E-state index < -0.39 is 0 Å². The van der Waals surface area contributed by atoms with Crippen molar-refractivity contribution < 1.29 is 19.1 Å². The molecule has 3 atom stereocenters. The van der Waals surface area contributed by atoms with E-state index in [0.717, 1.165) is 18.7 Å². The quantitative estimate of drug-likeness (QED) is 0.674. The third kappa shape index (κ3) is 7.26. The minimum Gasteiger partial charge on any atom is -0.491 e. The van der Waals surface area contributed by atoms with Crippen LogP contribution in [0.2, 0.25) is 0 Å². The molecule has 0 radical (unpaired) electrons. The highest BCUT2D eigenvalue weighted by atomic mass is 16.5. The molecule has 1 N–H and O–H groups in total. The molecule has 1 aliphatic heterocycles. The van der Waals surface area contributed by atoms with Crippen molar-refractivity contribution in [3.63, 3.8) is 0 Å². The van der Waals surface area contributed by atoms with Gasteiger partial charge < -0.3 is 19.7 Å². The lowest BCUT2D eigenvalue weighted by Crippen LogP contribution is -2.46. The number of hydrogen-bond acceptors (Lipinski definition) is 6. The Morgan fingerprint density at radius 2 is 2.03 bits per heavy atom. The molecule has 35 heavy (non-hydrogen) atoms. The van der Waals surface area contributed by atoms with E-state index in [-0.39, 0.29) is 29.9 Å². The molecule has 0 saturated carbocycles. The highest BCUT2D eigenvalue weighted by molar-refractivity contribution is 5.98. The molecule has 0 unspecified atom stereocenters. The fraction of sp³-hybridized carbons (Fsp3) is 0.519. The van der Waals surface area contributed by atoms with Crippen LogP contribution in [0.1, 0.15) is 49.7 Å². The lowest BCUT2D eigenvalue weighted by Gasteiger charge is -2.35. The molecule has 190 valence electrons. The van der Waals surface area contributed by atoms with Gasteiger partial charge in [-0.3, -0.25) is 19.5 Å². The average Bonchev–Trinajstić information content (AvgIpc) is 2.85. The van der Waals surface area contributed by atoms with Gasteiger partial charge in [0.2, 0.25) is 5.91 Å². The molecule has 0 spiro atoms. The highest BCUT2D eigenvalue weighted by Crippen LogP contribution is 2.27. The predicted molar refractivity (Wildman–Crippen MR) is 137 cm³/mol. The van der Waals surface area contributed by atoms with Crippen LogP contribution >= 0.6 is 0 Å². The summed E-state index contributed by atoms with van der Waals surface area (Å²) in [6, 6.07) is 11.2. The van der Waals surface area contributed by atoms with Gasteiger partial charge in [-0.05, 0) is 43.5 Å². The van der Waals surface area contributed by atoms with E-state index in [4.69, 9.17) is 9.47 Å². The number of pyridine rings is 1. The normalized spacial score (nSPS) is 21.9. The van der Waals surface area contributed by atoms with Crippen molar-refractivity contribution in [2.75, 3.05) is 39.2 Å². The maximum Gasteiger partial charge on any atom is 0.257 e. The van der Waals surface area contributed by atoms with Crippen LogP contribution in [0.4, 0.5) is 5.69 Å². The monoisotopic (exact) mass is 482 g/mol. The summed E-state index contributed by atoms with van der Waals surface area (Å²) in [6.07, 6.45) is 2.88. The number of nitrogens with zero attached hydrogens (tertiary/aromatic N) is 3. The number of nitrogens with one attached hydrogen (secondary N) is 1. The first-order chi connectivity index (χ1) is 16.8. The Morgan fingerprint density at radius 3 is 2.71 bits per heavy atom. The molecule has 0 aliphatic carbocycles. The molecule has 8 nitrogen and oxygen atoms in total. The molecule has 8 heteroatoms. The lowest BCUT2D eigenvalue weighted by atomic mass is 10.0. The van der Waals surface area contributed by atoms with Crippen LogP contribution in [0.25, 0.3) is 0 Å². The molecule has 1 aromatic heterocycles. The van der Waals surface area contributed by atoms with E-state index in [0.29, 0.717) is 43.1 Å². The molecular weight excluding hydrogens is 444 g/mol. The number of anilines is 1. The molecule has 1 aromatic carbocycles. The Morgan fingerprint density at radius 1 is 1.23 bits per heavy atom. The molecule has 2 heterocycles. The van der Waals surface area contributed by atoms with Crippen LogP contribution in [0.3, 0.4) is 0 Å². The maximum absolute atomic E-state index is 13.3. The van der Waals surface area contributed by atoms with Gasteiger partial charge in [0, 0.05) is 64.2 Å². The molecule has 3 rings (SSSR count). The molecule has 0 saturated heterocycles. The largest absolute Gasteiger partial charge is 0.491 e. The number of methoxy groups -OCH3 is 1. The smallest absolute Gasteiger partial charge is 0.257 e. The van der Waals surface area contributed by atoms with Crippen LogP contribution in [0.5, 0.6) is 5.75 Å². The van der Waals surface area contributed by atoms with Crippen LogP contribution in [-0.2, 0) is 16.1 Å². The topological polar surface area (TPSA) is 84.0 Å². The van der Waals surface area contributed by atoms with E-state index in [9.17, 15) is 9.59 Å². The van der Waals surface area contributed by atoms with Crippen molar-refractivity contribution in [1.29, 1.82) is 0 Å². The summed E-state index contributed by atoms with van der Waals surface area (Å²) >= 11 is 0. The van der Waals surface area contributed by atoms with E-state index in [1.54, 1.807) is 43.5 Å². The van der Waals surface area contributed by atoms with Gasteiger partial charge in [-0.25, -0.2) is 0 Å². The number of fused-ring (bicyclic) bond motifs is 1. The Bertz CT molecular complexity index is 984. The summed E-state index contributed by atoms with van der Waals surface area (Å²) in [5.74, 6) is 0.440. The zero-order valence-electron chi connectivity index (χ0n) is 21.5. The number of ether oxygens (including phenoxy) is 2. The first kappa shape index (κ1) is 26.6. The van der Waals surface area contributed by atoms with Crippen molar-refractivity contribution in [3.05, 3.63) is 53.9 Å². The second-order valence-corrected chi connectivity index (χ2v) is 9.36. The van der Waals surface area contributed by atoms with Crippen LogP contribution in [0, 0.1) is 5.92 Å². The van der Waals surface area contributed by atoms with Gasteiger partial charge in [0.05, 0.1) is 17.4 Å². The fourth-order valence-electron chi connectivity index (χ4n) is 4.30. The summed E-state index contributed by atoms with van der Waals surface area (Å²) in [5, 5.41) is 2.90. The van der Waals surface area contributed by atoms with Crippen molar-refractivity contribution in [2.24, 2.45) is 5.92 Å². The Hall–Kier alpha value is -2.97. The summed E-state index contributed by atoms with van der Waals surface area (Å²) < 4.78 is 12.1. The third-order valence-electron chi connectivity index (χ3n) is 6.43. The zero-order chi connectivity index (χ0) is 25.4. The van der Waals surface area contributed by atoms with E-state index in [1.807, 2.05) is 25.1 Å². The highest BCUT2D eigenvalue weighted by Gasteiger charge is 2.28. The first-order valence-corrected chi connectivity index (χ1v) is 12.3. The Balaban J connectivity index is 1.92. The molecule has 1 aliphatic rings. The summed E-state index contributed by atoms with van der Waals surface area (Å²) in [4.78, 5) is 34.0. The van der Waals surface area contributed by atoms with Crippen LogP contribution in [-0.4, -0.2) is 72.6 Å². The number of carbonyl (C=O) groups is 2. The van der Waals surface area contributed by atoms with Gasteiger partial charge in [-0.1, -0.05) is 19.9 Å². The van der Waals surface area contributed by atoms with E-state index in [2.05, 4.69) is 29.0 Å². The first-order valence-electron chi connectivity index (χ1n) is 12.3. The maximum atomic E-state index is 13.3. The van der Waals surface area contributed by atoms with Gasteiger partial charge in [-0.2, -0.15) is 0 Å². The molecule has 2 aromatic rings. The minimum atomic E-state index is -0.140. The SMILES string of the molecule is CCCC(=O)Nc1ccc2c(c1)OC[C@H](C)N(Cc1ccccn1)C[C@H](C)[C@H](OC)CN(C)C2=O. The van der Waals surface area contributed by atoms with Gasteiger partial charge in [0.25, 0.3) is 5.91 Å². The molecule has 0 fully saturated rings. The van der Waals surface area contributed by atoms with Crippen molar-refractivity contribution in [2.45, 2.75) is 52.3 Å². The van der Waals surface area contributed by atoms with Gasteiger partial charge in [0.1, 0.15) is 12.4 Å². The van der Waals surface area contributed by atoms with Crippen molar-refractivity contribution in [1.82, 2.24) is 14.8 Å². The van der Waals surface area contributed by atoms with Crippen molar-refractivity contribution in [3.8, 4) is 5.75 Å². The second kappa shape index (κ2) is 12.7. The number of carbonyl (C=O) groups excluding carboxylic acids is 2. The molecule has 0 bridgehead atoms. The van der Waals surface area contributed by atoms with E-state index >= 15 is 0 Å².